The van der Waals surface area contributed by atoms with Crippen molar-refractivity contribution in [3.63, 3.8) is 0 Å². The number of rotatable bonds is 6. The highest BCUT2D eigenvalue weighted by Gasteiger charge is 2.28. The van der Waals surface area contributed by atoms with Gasteiger partial charge in [0.15, 0.2) is 0 Å². The molecular weight excluding hydrogens is 357 g/mol. The molecule has 0 saturated carbocycles. The van der Waals surface area contributed by atoms with Gasteiger partial charge in [0.25, 0.3) is 5.91 Å². The van der Waals surface area contributed by atoms with Gasteiger partial charge in [-0.2, -0.15) is 0 Å². The number of benzene rings is 1. The molecule has 1 aromatic heterocycles. The smallest absolute Gasteiger partial charge is 0.270 e. The number of hydrogen-bond acceptors (Lipinski definition) is 3. The number of nitrogens with zero attached hydrogens (tertiary/aromatic N) is 3. The van der Waals surface area contributed by atoms with Gasteiger partial charge < -0.3 is 19.1 Å². The predicted octanol–water partition coefficient (Wildman–Crippen LogP) is 3.61. The van der Waals surface area contributed by atoms with Crippen LogP contribution in [0.3, 0.4) is 0 Å². The summed E-state index contributed by atoms with van der Waals surface area (Å²) in [4.78, 5) is 17.4. The SMILES string of the molecule is CCCN(C)C(=O)c1c(C)c(N2CCOCC2)c(C)n1Cc1ccc(F)cc1. The Bertz CT molecular complexity index is 823. The fourth-order valence-corrected chi connectivity index (χ4v) is 4.00. The molecule has 1 amide bonds. The summed E-state index contributed by atoms with van der Waals surface area (Å²) in [7, 11) is 1.85. The summed E-state index contributed by atoms with van der Waals surface area (Å²) in [5, 5.41) is 0. The molecule has 6 heteroatoms. The Morgan fingerprint density at radius 3 is 2.43 bits per heavy atom. The van der Waals surface area contributed by atoms with Crippen LogP contribution in [0.5, 0.6) is 0 Å². The van der Waals surface area contributed by atoms with Gasteiger partial charge in [0.05, 0.1) is 18.9 Å². The van der Waals surface area contributed by atoms with Gasteiger partial charge in [-0.15, -0.1) is 0 Å². The van der Waals surface area contributed by atoms with Crippen molar-refractivity contribution < 1.29 is 13.9 Å². The molecule has 0 atom stereocenters. The minimum Gasteiger partial charge on any atom is -0.378 e. The van der Waals surface area contributed by atoms with Crippen LogP contribution in [0.4, 0.5) is 10.1 Å². The third-order valence-corrected chi connectivity index (χ3v) is 5.42. The first-order chi connectivity index (χ1) is 13.4. The summed E-state index contributed by atoms with van der Waals surface area (Å²) in [6.45, 7) is 10.5. The van der Waals surface area contributed by atoms with Gasteiger partial charge in [-0.1, -0.05) is 19.1 Å². The summed E-state index contributed by atoms with van der Waals surface area (Å²) >= 11 is 0. The van der Waals surface area contributed by atoms with Crippen molar-refractivity contribution in [3.8, 4) is 0 Å². The van der Waals surface area contributed by atoms with E-state index < -0.39 is 0 Å². The Labute approximate surface area is 166 Å². The van der Waals surface area contributed by atoms with E-state index in [0.717, 1.165) is 47.7 Å². The van der Waals surface area contributed by atoms with Crippen molar-refractivity contribution in [1.29, 1.82) is 0 Å². The van der Waals surface area contributed by atoms with Gasteiger partial charge in [-0.3, -0.25) is 4.79 Å². The molecule has 0 aliphatic carbocycles. The molecule has 1 fully saturated rings. The van der Waals surface area contributed by atoms with Crippen molar-refractivity contribution in [2.75, 3.05) is 44.8 Å². The van der Waals surface area contributed by atoms with Crippen LogP contribution >= 0.6 is 0 Å². The highest BCUT2D eigenvalue weighted by molar-refractivity contribution is 5.96. The van der Waals surface area contributed by atoms with Crippen LogP contribution in [0, 0.1) is 19.7 Å². The fraction of sp³-hybridized carbons (Fsp3) is 0.500. The lowest BCUT2D eigenvalue weighted by molar-refractivity contribution is 0.0784. The lowest BCUT2D eigenvalue weighted by Gasteiger charge is -2.29. The predicted molar refractivity (Wildman–Crippen MR) is 110 cm³/mol. The maximum Gasteiger partial charge on any atom is 0.270 e. The average molecular weight is 387 g/mol. The lowest BCUT2D eigenvalue weighted by atomic mass is 10.1. The number of anilines is 1. The largest absolute Gasteiger partial charge is 0.378 e. The molecule has 2 aromatic rings. The number of amides is 1. The van der Waals surface area contributed by atoms with Crippen molar-refractivity contribution in [1.82, 2.24) is 9.47 Å². The zero-order valence-corrected chi connectivity index (χ0v) is 17.3. The number of carbonyl (C=O) groups is 1. The normalized spacial score (nSPS) is 14.4. The highest BCUT2D eigenvalue weighted by atomic mass is 19.1. The molecule has 152 valence electrons. The van der Waals surface area contributed by atoms with Crippen LogP contribution in [-0.4, -0.2) is 55.3 Å². The molecule has 3 rings (SSSR count). The standard InChI is InChI=1S/C22H30FN3O2/c1-5-10-24(4)22(27)21-16(2)20(25-11-13-28-14-12-25)17(3)26(21)15-18-6-8-19(23)9-7-18/h6-9H,5,10-15H2,1-4H3. The maximum atomic E-state index is 13.3. The summed E-state index contributed by atoms with van der Waals surface area (Å²) in [5.74, 6) is -0.221. The first-order valence-electron chi connectivity index (χ1n) is 9.96. The van der Waals surface area contributed by atoms with E-state index >= 15 is 0 Å². The summed E-state index contributed by atoms with van der Waals surface area (Å²) in [6.07, 6.45) is 0.912. The van der Waals surface area contributed by atoms with Gasteiger partial charge in [0.2, 0.25) is 0 Å². The molecule has 0 spiro atoms. The summed E-state index contributed by atoms with van der Waals surface area (Å²) < 4.78 is 20.9. The molecule has 0 unspecified atom stereocenters. The summed E-state index contributed by atoms with van der Waals surface area (Å²) in [5.41, 5.74) is 4.89. The number of ether oxygens (including phenoxy) is 1. The molecule has 0 radical (unpaired) electrons. The van der Waals surface area contributed by atoms with E-state index in [1.165, 1.54) is 12.1 Å². The Kier molecular flexibility index (Phi) is 6.39. The van der Waals surface area contributed by atoms with Gasteiger partial charge in [0.1, 0.15) is 11.5 Å². The van der Waals surface area contributed by atoms with E-state index in [1.807, 2.05) is 14.0 Å². The lowest BCUT2D eigenvalue weighted by Crippen LogP contribution is -2.36. The van der Waals surface area contributed by atoms with Crippen molar-refractivity contribution in [2.24, 2.45) is 0 Å². The minimum atomic E-state index is -0.253. The number of hydrogen-bond donors (Lipinski definition) is 0. The van der Waals surface area contributed by atoms with E-state index in [-0.39, 0.29) is 11.7 Å². The average Bonchev–Trinajstić information content (AvgIpc) is 2.93. The van der Waals surface area contributed by atoms with Crippen molar-refractivity contribution >= 4 is 11.6 Å². The molecule has 1 aliphatic heterocycles. The van der Waals surface area contributed by atoms with E-state index in [4.69, 9.17) is 4.74 Å². The molecular formula is C22H30FN3O2. The topological polar surface area (TPSA) is 37.7 Å². The fourth-order valence-electron chi connectivity index (χ4n) is 4.00. The van der Waals surface area contributed by atoms with Crippen molar-refractivity contribution in [2.45, 2.75) is 33.7 Å². The number of carbonyl (C=O) groups excluding carboxylic acids is 1. The first-order valence-corrected chi connectivity index (χ1v) is 9.96. The Morgan fingerprint density at radius 2 is 1.82 bits per heavy atom. The van der Waals surface area contributed by atoms with Gasteiger partial charge >= 0.3 is 0 Å². The highest BCUT2D eigenvalue weighted by Crippen LogP contribution is 2.33. The van der Waals surface area contributed by atoms with Crippen LogP contribution in [-0.2, 0) is 11.3 Å². The van der Waals surface area contributed by atoms with Crippen LogP contribution in [0.1, 0.15) is 40.7 Å². The van der Waals surface area contributed by atoms with Crippen molar-refractivity contribution in [3.05, 3.63) is 52.6 Å². The number of halogens is 1. The van der Waals surface area contributed by atoms with Gasteiger partial charge in [-0.05, 0) is 38.0 Å². The molecule has 2 heterocycles. The quantitative estimate of drug-likeness (QED) is 0.760. The van der Waals surface area contributed by atoms with E-state index in [9.17, 15) is 9.18 Å². The summed E-state index contributed by atoms with van der Waals surface area (Å²) in [6, 6.07) is 6.49. The second kappa shape index (κ2) is 8.78. The van der Waals surface area contributed by atoms with Gasteiger partial charge in [-0.25, -0.2) is 4.39 Å². The van der Waals surface area contributed by atoms with Crippen LogP contribution in [0.2, 0.25) is 0 Å². The third-order valence-electron chi connectivity index (χ3n) is 5.42. The molecule has 1 aliphatic rings. The molecule has 1 saturated heterocycles. The Hall–Kier alpha value is -2.34. The molecule has 0 N–H and O–H groups in total. The zero-order chi connectivity index (χ0) is 20.3. The second-order valence-corrected chi connectivity index (χ2v) is 7.45. The molecule has 0 bridgehead atoms. The Balaban J connectivity index is 2.06. The van der Waals surface area contributed by atoms with E-state index in [1.54, 1.807) is 17.0 Å². The molecule has 5 nitrogen and oxygen atoms in total. The van der Waals surface area contributed by atoms with Crippen LogP contribution < -0.4 is 4.90 Å². The number of morpholine rings is 1. The zero-order valence-electron chi connectivity index (χ0n) is 17.3. The van der Waals surface area contributed by atoms with Crippen LogP contribution in [0.25, 0.3) is 0 Å². The maximum absolute atomic E-state index is 13.3. The van der Waals surface area contributed by atoms with Gasteiger partial charge in [0, 0.05) is 44.5 Å². The van der Waals surface area contributed by atoms with E-state index in [0.29, 0.717) is 26.3 Å². The van der Waals surface area contributed by atoms with E-state index in [2.05, 4.69) is 23.3 Å². The number of aromatic nitrogens is 1. The minimum absolute atomic E-state index is 0.0315. The first kappa shape index (κ1) is 20.4. The second-order valence-electron chi connectivity index (χ2n) is 7.45. The molecule has 1 aromatic carbocycles. The third kappa shape index (κ3) is 4.07. The molecule has 28 heavy (non-hydrogen) atoms. The Morgan fingerprint density at radius 1 is 1.18 bits per heavy atom. The van der Waals surface area contributed by atoms with Crippen LogP contribution in [0.15, 0.2) is 24.3 Å². The monoisotopic (exact) mass is 387 g/mol.